The summed E-state index contributed by atoms with van der Waals surface area (Å²) in [5, 5.41) is 9.45. The van der Waals surface area contributed by atoms with Crippen LogP contribution in [-0.2, 0) is 7.05 Å². The van der Waals surface area contributed by atoms with E-state index < -0.39 is 28.8 Å². The van der Waals surface area contributed by atoms with E-state index in [1.54, 1.807) is 6.07 Å². The monoisotopic (exact) mass is 400 g/mol. The van der Waals surface area contributed by atoms with Gasteiger partial charge in [-0.15, -0.1) is 11.3 Å². The van der Waals surface area contributed by atoms with E-state index in [2.05, 4.69) is 0 Å². The first kappa shape index (κ1) is 19.3. The molecular formula is C20H11F3N2O2S. The minimum Gasteiger partial charge on any atom is -0.301 e. The van der Waals surface area contributed by atoms with Crippen LogP contribution in [-0.4, -0.2) is 10.4 Å². The zero-order valence-electron chi connectivity index (χ0n) is 14.4. The van der Waals surface area contributed by atoms with E-state index in [0.29, 0.717) is 6.07 Å². The second-order valence-corrected chi connectivity index (χ2v) is 6.80. The van der Waals surface area contributed by atoms with Crippen LogP contribution in [0.15, 0.2) is 47.3 Å². The zero-order valence-corrected chi connectivity index (χ0v) is 15.2. The van der Waals surface area contributed by atoms with Crippen molar-refractivity contribution in [2.24, 2.45) is 7.05 Å². The molecule has 0 spiro atoms. The Morgan fingerprint density at radius 1 is 1.11 bits per heavy atom. The Morgan fingerprint density at radius 3 is 2.36 bits per heavy atom. The number of benzene rings is 2. The number of rotatable bonds is 3. The molecule has 0 unspecified atom stereocenters. The smallest absolute Gasteiger partial charge is 0.268 e. The van der Waals surface area contributed by atoms with Gasteiger partial charge in [0.2, 0.25) is 5.78 Å². The molecule has 4 nitrogen and oxygen atoms in total. The van der Waals surface area contributed by atoms with Gasteiger partial charge in [-0.1, -0.05) is 0 Å². The number of Topliss-reactive ketones (excluding diaryl/α,β-unsaturated/α-hetero) is 1. The first-order valence-electron chi connectivity index (χ1n) is 7.89. The highest BCUT2D eigenvalue weighted by Crippen LogP contribution is 2.11. The van der Waals surface area contributed by atoms with E-state index >= 15 is 0 Å². The molecule has 0 bridgehead atoms. The molecule has 0 amide bonds. The van der Waals surface area contributed by atoms with Crippen LogP contribution >= 0.6 is 11.3 Å². The van der Waals surface area contributed by atoms with Gasteiger partial charge in [0.15, 0.2) is 0 Å². The summed E-state index contributed by atoms with van der Waals surface area (Å²) in [5.74, 6) is -2.79. The Morgan fingerprint density at radius 2 is 1.75 bits per heavy atom. The van der Waals surface area contributed by atoms with Crippen molar-refractivity contribution >= 4 is 28.8 Å². The number of halogens is 3. The molecule has 0 atom stereocenters. The highest BCUT2D eigenvalue weighted by molar-refractivity contribution is 7.07. The lowest BCUT2D eigenvalue weighted by atomic mass is 10.1. The fourth-order valence-electron chi connectivity index (χ4n) is 2.48. The van der Waals surface area contributed by atoms with Gasteiger partial charge in [-0.25, -0.2) is 13.2 Å². The summed E-state index contributed by atoms with van der Waals surface area (Å²) in [4.78, 5) is 25.1. The molecule has 2 aromatic carbocycles. The normalized spacial score (nSPS) is 12.6. The largest absolute Gasteiger partial charge is 0.301 e. The Labute approximate surface area is 160 Å². The lowest BCUT2D eigenvalue weighted by molar-refractivity contribution is 0.105. The maximum atomic E-state index is 13.9. The molecule has 0 aliphatic rings. The Bertz CT molecular complexity index is 1300. The van der Waals surface area contributed by atoms with Gasteiger partial charge in [0.25, 0.3) is 5.56 Å². The van der Waals surface area contributed by atoms with Crippen molar-refractivity contribution in [3.05, 3.63) is 90.6 Å². The van der Waals surface area contributed by atoms with E-state index in [9.17, 15) is 28.0 Å². The Hall–Kier alpha value is -3.44. The van der Waals surface area contributed by atoms with Gasteiger partial charge in [0, 0.05) is 24.2 Å². The number of nitrogens with zero attached hydrogens (tertiary/aromatic N) is 2. The maximum absolute atomic E-state index is 13.9. The van der Waals surface area contributed by atoms with Gasteiger partial charge in [-0.05, 0) is 42.5 Å². The summed E-state index contributed by atoms with van der Waals surface area (Å²) in [6.07, 6.45) is 1.22. The van der Waals surface area contributed by atoms with Crippen molar-refractivity contribution in [2.75, 3.05) is 0 Å². The van der Waals surface area contributed by atoms with Crippen molar-refractivity contribution < 1.29 is 18.0 Å². The Balaban J connectivity index is 2.22. The van der Waals surface area contributed by atoms with Crippen molar-refractivity contribution in [3.63, 3.8) is 0 Å². The SMILES string of the molecule is Cn1c(=O)/c(=C\c2ccc(F)cc2F)s/c1=C(/C#N)C(=O)c1ccc(F)cc1. The van der Waals surface area contributed by atoms with Crippen LogP contribution in [0, 0.1) is 28.8 Å². The summed E-state index contributed by atoms with van der Waals surface area (Å²) in [6, 6.07) is 9.36. The van der Waals surface area contributed by atoms with E-state index in [0.717, 1.165) is 34.1 Å². The van der Waals surface area contributed by atoms with Crippen molar-refractivity contribution in [1.29, 1.82) is 5.26 Å². The number of carbonyl (C=O) groups is 1. The van der Waals surface area contributed by atoms with Gasteiger partial charge in [0.1, 0.15) is 33.8 Å². The molecule has 28 heavy (non-hydrogen) atoms. The quantitative estimate of drug-likeness (QED) is 0.634. The second-order valence-electron chi connectivity index (χ2n) is 5.77. The Kier molecular flexibility index (Phi) is 5.29. The summed E-state index contributed by atoms with van der Waals surface area (Å²) in [7, 11) is 1.38. The van der Waals surface area contributed by atoms with Crippen molar-refractivity contribution in [3.8, 4) is 6.07 Å². The fraction of sp³-hybridized carbons (Fsp3) is 0.0500. The first-order chi connectivity index (χ1) is 13.3. The maximum Gasteiger partial charge on any atom is 0.268 e. The van der Waals surface area contributed by atoms with E-state index in [-0.39, 0.29) is 25.9 Å². The van der Waals surface area contributed by atoms with Crippen LogP contribution in [0.5, 0.6) is 0 Å². The molecular weight excluding hydrogens is 389 g/mol. The minimum atomic E-state index is -0.844. The van der Waals surface area contributed by atoms with Crippen LogP contribution in [0.25, 0.3) is 11.6 Å². The summed E-state index contributed by atoms with van der Waals surface area (Å²) in [6.45, 7) is 0. The molecule has 0 saturated carbocycles. The molecule has 1 aromatic heterocycles. The summed E-state index contributed by atoms with van der Waals surface area (Å²) in [5.41, 5.74) is -0.747. The predicted octanol–water partition coefficient (Wildman–Crippen LogP) is 2.25. The van der Waals surface area contributed by atoms with Crippen molar-refractivity contribution in [2.45, 2.75) is 0 Å². The lowest BCUT2D eigenvalue weighted by Gasteiger charge is -1.99. The molecule has 8 heteroatoms. The van der Waals surface area contributed by atoms with Gasteiger partial charge in [-0.2, -0.15) is 5.26 Å². The van der Waals surface area contributed by atoms with Crippen LogP contribution in [0.3, 0.4) is 0 Å². The van der Waals surface area contributed by atoms with E-state index in [4.69, 9.17) is 0 Å². The number of thiazole rings is 1. The third kappa shape index (κ3) is 3.66. The van der Waals surface area contributed by atoms with Gasteiger partial charge < -0.3 is 4.57 Å². The number of carbonyl (C=O) groups excluding carboxylic acids is 1. The van der Waals surface area contributed by atoms with Crippen LogP contribution in [0.4, 0.5) is 13.2 Å². The van der Waals surface area contributed by atoms with Crippen molar-refractivity contribution in [1.82, 2.24) is 4.57 Å². The van der Waals surface area contributed by atoms with E-state index in [1.807, 2.05) is 0 Å². The molecule has 0 aliphatic heterocycles. The molecule has 0 aliphatic carbocycles. The lowest BCUT2D eigenvalue weighted by Crippen LogP contribution is -2.30. The number of hydrogen-bond donors (Lipinski definition) is 0. The first-order valence-corrected chi connectivity index (χ1v) is 8.70. The number of ketones is 1. The predicted molar refractivity (Wildman–Crippen MR) is 98.5 cm³/mol. The standard InChI is InChI=1S/C20H11F3N2O2S/c1-25-19(27)17(8-12-4-7-14(22)9-16(12)23)28-20(25)15(10-24)18(26)11-2-5-13(21)6-3-11/h2-9H,1H3/b17-8+,20-15-. The molecule has 0 saturated heterocycles. The number of hydrogen-bond acceptors (Lipinski definition) is 4. The van der Waals surface area contributed by atoms with Crippen LogP contribution < -0.4 is 14.8 Å². The third-order valence-electron chi connectivity index (χ3n) is 3.93. The average Bonchev–Trinajstić information content (AvgIpc) is 2.93. The fourth-order valence-corrected chi connectivity index (χ4v) is 3.56. The van der Waals surface area contributed by atoms with Gasteiger partial charge in [-0.3, -0.25) is 9.59 Å². The number of aromatic nitrogens is 1. The minimum absolute atomic E-state index is 0.00438. The highest BCUT2D eigenvalue weighted by Gasteiger charge is 2.16. The van der Waals surface area contributed by atoms with Crippen LogP contribution in [0.1, 0.15) is 15.9 Å². The molecule has 0 radical (unpaired) electrons. The molecule has 0 fully saturated rings. The van der Waals surface area contributed by atoms with Crippen LogP contribution in [0.2, 0.25) is 0 Å². The second kappa shape index (κ2) is 7.66. The summed E-state index contributed by atoms with van der Waals surface area (Å²) < 4.78 is 41.2. The van der Waals surface area contributed by atoms with Gasteiger partial charge >= 0.3 is 0 Å². The zero-order chi connectivity index (χ0) is 20.4. The summed E-state index contributed by atoms with van der Waals surface area (Å²) >= 11 is 0.833. The molecule has 1 heterocycles. The molecule has 140 valence electrons. The van der Waals surface area contributed by atoms with Gasteiger partial charge in [0.05, 0.1) is 4.53 Å². The third-order valence-corrected chi connectivity index (χ3v) is 5.12. The molecule has 3 rings (SSSR count). The highest BCUT2D eigenvalue weighted by atomic mass is 32.1. The molecule has 3 aromatic rings. The number of nitriles is 1. The topological polar surface area (TPSA) is 62.9 Å². The van der Waals surface area contributed by atoms with E-state index in [1.165, 1.54) is 31.3 Å². The molecule has 0 N–H and O–H groups in total. The average molecular weight is 400 g/mol.